The van der Waals surface area contributed by atoms with Crippen LogP contribution in [0, 0.1) is 0 Å². The van der Waals surface area contributed by atoms with Gasteiger partial charge in [0.25, 0.3) is 0 Å². The molecule has 3 nitrogen and oxygen atoms in total. The van der Waals surface area contributed by atoms with Crippen molar-refractivity contribution in [1.82, 2.24) is 0 Å². The minimum atomic E-state index is 0.576. The van der Waals surface area contributed by atoms with Crippen LogP contribution in [-0.2, 0) is 19.4 Å². The lowest BCUT2D eigenvalue weighted by molar-refractivity contribution is 0.287. The summed E-state index contributed by atoms with van der Waals surface area (Å²) < 4.78 is 11.2. The van der Waals surface area contributed by atoms with Crippen LogP contribution >= 0.6 is 11.3 Å². The smallest absolute Gasteiger partial charge is 0.161 e. The van der Waals surface area contributed by atoms with Crippen LogP contribution in [0.5, 0.6) is 11.5 Å². The summed E-state index contributed by atoms with van der Waals surface area (Å²) >= 11 is 1.79. The molecule has 0 aliphatic heterocycles. The molecule has 4 heteroatoms. The monoisotopic (exact) mass is 291 g/mol. The van der Waals surface area contributed by atoms with Crippen LogP contribution in [0.2, 0.25) is 0 Å². The molecule has 2 aromatic rings. The van der Waals surface area contributed by atoms with E-state index in [0.29, 0.717) is 13.2 Å². The maximum atomic E-state index is 5.90. The van der Waals surface area contributed by atoms with Gasteiger partial charge >= 0.3 is 0 Å². The quantitative estimate of drug-likeness (QED) is 0.850. The van der Waals surface area contributed by atoms with Gasteiger partial charge in [-0.15, -0.1) is 11.3 Å². The molecule has 0 saturated carbocycles. The molecule has 2 N–H and O–H groups in total. The highest BCUT2D eigenvalue weighted by atomic mass is 32.1. The van der Waals surface area contributed by atoms with E-state index >= 15 is 0 Å². The number of aryl methyl sites for hydroxylation is 1. The predicted octanol–water partition coefficient (Wildman–Crippen LogP) is 3.40. The minimum absolute atomic E-state index is 0.576. The first-order valence-electron chi connectivity index (χ1n) is 6.84. The number of hydrogen-bond donors (Lipinski definition) is 1. The Labute approximate surface area is 124 Å². The van der Waals surface area contributed by atoms with Crippen molar-refractivity contribution in [3.05, 3.63) is 45.6 Å². The van der Waals surface area contributed by atoms with Gasteiger partial charge in [-0.2, -0.15) is 0 Å². The molecule has 1 aromatic heterocycles. The van der Waals surface area contributed by atoms with Crippen molar-refractivity contribution in [2.24, 2.45) is 5.73 Å². The molecule has 0 spiro atoms. The zero-order valence-electron chi connectivity index (χ0n) is 12.0. The van der Waals surface area contributed by atoms with Gasteiger partial charge in [0.1, 0.15) is 6.61 Å². The van der Waals surface area contributed by atoms with E-state index in [4.69, 9.17) is 15.2 Å². The second kappa shape index (κ2) is 7.31. The highest BCUT2D eigenvalue weighted by Gasteiger charge is 2.07. The number of nitrogens with two attached hydrogens (primary N) is 1. The van der Waals surface area contributed by atoms with Gasteiger partial charge in [0.15, 0.2) is 11.5 Å². The van der Waals surface area contributed by atoms with Crippen molar-refractivity contribution in [1.29, 1.82) is 0 Å². The normalized spacial score (nSPS) is 10.6. The summed E-state index contributed by atoms with van der Waals surface area (Å²) in [5.74, 6) is 1.54. The van der Waals surface area contributed by atoms with Crippen molar-refractivity contribution in [2.75, 3.05) is 13.7 Å². The van der Waals surface area contributed by atoms with Gasteiger partial charge in [-0.25, -0.2) is 0 Å². The van der Waals surface area contributed by atoms with Crippen LogP contribution in [0.1, 0.15) is 22.2 Å². The molecule has 0 unspecified atom stereocenters. The van der Waals surface area contributed by atoms with Crippen LogP contribution in [-0.4, -0.2) is 13.7 Å². The van der Waals surface area contributed by atoms with E-state index in [9.17, 15) is 0 Å². The molecule has 0 radical (unpaired) electrons. The zero-order valence-corrected chi connectivity index (χ0v) is 12.8. The topological polar surface area (TPSA) is 44.5 Å². The second-order valence-corrected chi connectivity index (χ2v) is 5.79. The maximum absolute atomic E-state index is 5.90. The van der Waals surface area contributed by atoms with Gasteiger partial charge in [-0.05, 0) is 49.2 Å². The first-order chi connectivity index (χ1) is 9.76. The fraction of sp³-hybridized carbons (Fsp3) is 0.375. The summed E-state index contributed by atoms with van der Waals surface area (Å²) in [6, 6.07) is 10.3. The van der Waals surface area contributed by atoms with Crippen LogP contribution < -0.4 is 15.2 Å². The minimum Gasteiger partial charge on any atom is -0.493 e. The fourth-order valence-corrected chi connectivity index (χ4v) is 2.87. The summed E-state index contributed by atoms with van der Waals surface area (Å²) in [5.41, 5.74) is 6.76. The summed E-state index contributed by atoms with van der Waals surface area (Å²) in [6.07, 6.45) is 1.92. The van der Waals surface area contributed by atoms with E-state index < -0.39 is 0 Å². The van der Waals surface area contributed by atoms with E-state index in [2.05, 4.69) is 19.1 Å². The fourth-order valence-electron chi connectivity index (χ4n) is 1.99. The van der Waals surface area contributed by atoms with Crippen molar-refractivity contribution in [3.8, 4) is 11.5 Å². The molecule has 20 heavy (non-hydrogen) atoms. The molecule has 108 valence electrons. The van der Waals surface area contributed by atoms with E-state index in [-0.39, 0.29) is 0 Å². The molecule has 0 fully saturated rings. The van der Waals surface area contributed by atoms with Crippen LogP contribution in [0.3, 0.4) is 0 Å². The van der Waals surface area contributed by atoms with Gasteiger partial charge in [0.2, 0.25) is 0 Å². The zero-order chi connectivity index (χ0) is 14.4. The second-order valence-electron chi connectivity index (χ2n) is 4.53. The lowest BCUT2D eigenvalue weighted by Crippen LogP contribution is -2.03. The summed E-state index contributed by atoms with van der Waals surface area (Å²) in [4.78, 5) is 2.61. The molecule has 0 saturated heterocycles. The Morgan fingerprint density at radius 3 is 2.55 bits per heavy atom. The average molecular weight is 291 g/mol. The SMILES string of the molecule is CCc1ccc(COc2cc(CCN)ccc2OC)s1. The number of benzene rings is 1. The first-order valence-corrected chi connectivity index (χ1v) is 7.65. The Hall–Kier alpha value is -1.52. The van der Waals surface area contributed by atoms with E-state index in [1.165, 1.54) is 15.3 Å². The molecule has 1 heterocycles. The summed E-state index contributed by atoms with van der Waals surface area (Å²) in [6.45, 7) is 3.37. The highest BCUT2D eigenvalue weighted by Crippen LogP contribution is 2.29. The first kappa shape index (κ1) is 14.9. The lowest BCUT2D eigenvalue weighted by atomic mass is 10.1. The van der Waals surface area contributed by atoms with Crippen molar-refractivity contribution in [2.45, 2.75) is 26.4 Å². The molecule has 2 rings (SSSR count). The molecule has 0 bridgehead atoms. The Kier molecular flexibility index (Phi) is 5.44. The standard InChI is InChI=1S/C16H21NO2S/c1-3-13-5-6-14(20-13)11-19-16-10-12(8-9-17)4-7-15(16)18-2/h4-7,10H,3,8-9,11,17H2,1-2H3. The highest BCUT2D eigenvalue weighted by molar-refractivity contribution is 7.11. The molecule has 0 aliphatic carbocycles. The predicted molar refractivity (Wildman–Crippen MR) is 83.8 cm³/mol. The van der Waals surface area contributed by atoms with Crippen molar-refractivity contribution < 1.29 is 9.47 Å². The van der Waals surface area contributed by atoms with Crippen molar-refractivity contribution in [3.63, 3.8) is 0 Å². The Morgan fingerprint density at radius 1 is 1.10 bits per heavy atom. The molecule has 0 amide bonds. The Balaban J connectivity index is 2.08. The number of hydrogen-bond acceptors (Lipinski definition) is 4. The van der Waals surface area contributed by atoms with Crippen LogP contribution in [0.4, 0.5) is 0 Å². The Bertz CT molecular complexity index is 551. The van der Waals surface area contributed by atoms with E-state index in [1.54, 1.807) is 18.4 Å². The number of thiophene rings is 1. The lowest BCUT2D eigenvalue weighted by Gasteiger charge is -2.11. The van der Waals surface area contributed by atoms with Crippen LogP contribution in [0.25, 0.3) is 0 Å². The number of methoxy groups -OCH3 is 1. The van der Waals surface area contributed by atoms with E-state index in [1.807, 2.05) is 18.2 Å². The number of ether oxygens (including phenoxy) is 2. The van der Waals surface area contributed by atoms with Gasteiger partial charge in [-0.3, -0.25) is 0 Å². The summed E-state index contributed by atoms with van der Waals surface area (Å²) in [5, 5.41) is 0. The molecular weight excluding hydrogens is 270 g/mol. The molecule has 0 aliphatic rings. The summed E-state index contributed by atoms with van der Waals surface area (Å²) in [7, 11) is 1.66. The largest absolute Gasteiger partial charge is 0.493 e. The van der Waals surface area contributed by atoms with Gasteiger partial charge in [0, 0.05) is 9.75 Å². The molecule has 0 atom stereocenters. The average Bonchev–Trinajstić information content (AvgIpc) is 2.93. The van der Waals surface area contributed by atoms with Gasteiger partial charge in [0.05, 0.1) is 7.11 Å². The molecular formula is C16H21NO2S. The van der Waals surface area contributed by atoms with Gasteiger partial charge in [-0.1, -0.05) is 13.0 Å². The van der Waals surface area contributed by atoms with Crippen molar-refractivity contribution >= 4 is 11.3 Å². The molecule has 1 aromatic carbocycles. The Morgan fingerprint density at radius 2 is 1.90 bits per heavy atom. The van der Waals surface area contributed by atoms with E-state index in [0.717, 1.165) is 24.3 Å². The third-order valence-electron chi connectivity index (χ3n) is 3.10. The van der Waals surface area contributed by atoms with Gasteiger partial charge < -0.3 is 15.2 Å². The van der Waals surface area contributed by atoms with Crippen LogP contribution in [0.15, 0.2) is 30.3 Å². The maximum Gasteiger partial charge on any atom is 0.161 e. The third kappa shape index (κ3) is 3.74. The number of rotatable bonds is 7. The third-order valence-corrected chi connectivity index (χ3v) is 4.30.